The highest BCUT2D eigenvalue weighted by atomic mass is 35.5. The third-order valence-corrected chi connectivity index (χ3v) is 4.43. The van der Waals surface area contributed by atoms with Crippen LogP contribution in [0, 0.1) is 5.92 Å². The Morgan fingerprint density at radius 1 is 1.40 bits per heavy atom. The van der Waals surface area contributed by atoms with Gasteiger partial charge in [-0.2, -0.15) is 0 Å². The zero-order chi connectivity index (χ0) is 14.7. The van der Waals surface area contributed by atoms with Crippen LogP contribution in [-0.2, 0) is 4.74 Å². The third kappa shape index (κ3) is 3.66. The van der Waals surface area contributed by atoms with Crippen LogP contribution in [0.15, 0.2) is 18.2 Å². The molecule has 1 aromatic carbocycles. The predicted octanol–water partition coefficient (Wildman–Crippen LogP) is 3.64. The van der Waals surface area contributed by atoms with Gasteiger partial charge >= 0.3 is 0 Å². The molecule has 4 heteroatoms. The van der Waals surface area contributed by atoms with Gasteiger partial charge in [0.2, 0.25) is 0 Å². The van der Waals surface area contributed by atoms with Gasteiger partial charge in [0.05, 0.1) is 12.7 Å². The highest BCUT2D eigenvalue weighted by Gasteiger charge is 2.32. The van der Waals surface area contributed by atoms with Crippen molar-refractivity contribution >= 4 is 17.3 Å². The van der Waals surface area contributed by atoms with Crippen LogP contribution in [0.2, 0.25) is 5.02 Å². The van der Waals surface area contributed by atoms with E-state index < -0.39 is 6.10 Å². The Kier molecular flexibility index (Phi) is 5.30. The molecule has 1 saturated carbocycles. The summed E-state index contributed by atoms with van der Waals surface area (Å²) >= 11 is 6.28. The Morgan fingerprint density at radius 2 is 2.10 bits per heavy atom. The molecule has 0 amide bonds. The van der Waals surface area contributed by atoms with E-state index in [-0.39, 0.29) is 0 Å². The first-order valence-electron chi connectivity index (χ1n) is 7.27. The molecule has 1 aromatic rings. The van der Waals surface area contributed by atoms with Gasteiger partial charge in [-0.05, 0) is 50.3 Å². The highest BCUT2D eigenvalue weighted by Crippen LogP contribution is 2.38. The van der Waals surface area contributed by atoms with Crippen LogP contribution in [0.4, 0.5) is 5.69 Å². The number of nitrogens with zero attached hydrogens (tertiary/aromatic N) is 1. The van der Waals surface area contributed by atoms with E-state index in [1.165, 1.54) is 12.8 Å². The lowest BCUT2D eigenvalue weighted by Gasteiger charge is -2.32. The van der Waals surface area contributed by atoms with Gasteiger partial charge in [-0.15, -0.1) is 0 Å². The summed E-state index contributed by atoms with van der Waals surface area (Å²) in [4.78, 5) is 2.36. The second kappa shape index (κ2) is 6.79. The number of rotatable bonds is 7. The average Bonchev–Trinajstić information content (AvgIpc) is 3.22. The Balaban J connectivity index is 2.21. The molecule has 2 unspecified atom stereocenters. The van der Waals surface area contributed by atoms with Crippen LogP contribution >= 0.6 is 11.6 Å². The fourth-order valence-electron chi connectivity index (χ4n) is 2.62. The molecule has 0 heterocycles. The molecule has 1 fully saturated rings. The number of hydrogen-bond donors (Lipinski definition) is 1. The molecule has 0 spiro atoms. The van der Waals surface area contributed by atoms with Gasteiger partial charge in [0.1, 0.15) is 0 Å². The fourth-order valence-corrected chi connectivity index (χ4v) is 2.96. The number of halogens is 1. The van der Waals surface area contributed by atoms with Gasteiger partial charge in [0.25, 0.3) is 0 Å². The summed E-state index contributed by atoms with van der Waals surface area (Å²) in [5, 5.41) is 10.3. The Morgan fingerprint density at radius 3 is 2.60 bits per heavy atom. The number of anilines is 1. The fraction of sp³-hybridized carbons (Fsp3) is 0.625. The van der Waals surface area contributed by atoms with Crippen LogP contribution in [0.5, 0.6) is 0 Å². The lowest BCUT2D eigenvalue weighted by Crippen LogP contribution is -2.37. The monoisotopic (exact) mass is 297 g/mol. The van der Waals surface area contributed by atoms with Crippen molar-refractivity contribution in [2.75, 3.05) is 25.2 Å². The van der Waals surface area contributed by atoms with Gasteiger partial charge in [0.15, 0.2) is 0 Å². The molecule has 112 valence electrons. The Bertz CT molecular complexity index is 446. The minimum Gasteiger partial charge on any atom is -0.389 e. The summed E-state index contributed by atoms with van der Waals surface area (Å²) in [7, 11) is 1.73. The SMILES string of the molecule is COCCN(c1ccc(C(C)O)c(Cl)c1)C(C)C1CC1. The molecule has 0 aromatic heterocycles. The largest absolute Gasteiger partial charge is 0.389 e. The molecule has 1 aliphatic rings. The van der Waals surface area contributed by atoms with E-state index in [1.807, 2.05) is 18.2 Å². The van der Waals surface area contributed by atoms with Gasteiger partial charge < -0.3 is 14.7 Å². The molecule has 0 bridgehead atoms. The highest BCUT2D eigenvalue weighted by molar-refractivity contribution is 6.31. The van der Waals surface area contributed by atoms with E-state index in [0.717, 1.165) is 23.7 Å². The average molecular weight is 298 g/mol. The Labute approximate surface area is 126 Å². The van der Waals surface area contributed by atoms with E-state index in [2.05, 4.69) is 11.8 Å². The predicted molar refractivity (Wildman–Crippen MR) is 83.5 cm³/mol. The zero-order valence-corrected chi connectivity index (χ0v) is 13.2. The number of aliphatic hydroxyl groups excluding tert-OH is 1. The second-order valence-corrected chi connectivity index (χ2v) is 6.05. The molecule has 0 radical (unpaired) electrons. The van der Waals surface area contributed by atoms with Crippen molar-refractivity contribution in [2.45, 2.75) is 38.8 Å². The van der Waals surface area contributed by atoms with E-state index in [0.29, 0.717) is 17.7 Å². The summed E-state index contributed by atoms with van der Waals surface area (Å²) in [6, 6.07) is 6.42. The number of aliphatic hydroxyl groups is 1. The van der Waals surface area contributed by atoms with Crippen molar-refractivity contribution in [3.63, 3.8) is 0 Å². The summed E-state index contributed by atoms with van der Waals surface area (Å²) in [5.74, 6) is 0.780. The zero-order valence-electron chi connectivity index (χ0n) is 12.5. The molecule has 0 aliphatic heterocycles. The molecular weight excluding hydrogens is 274 g/mol. The molecule has 20 heavy (non-hydrogen) atoms. The number of ether oxygens (including phenoxy) is 1. The number of methoxy groups -OCH3 is 1. The minimum atomic E-state index is -0.537. The van der Waals surface area contributed by atoms with E-state index in [9.17, 15) is 5.11 Å². The van der Waals surface area contributed by atoms with Crippen LogP contribution < -0.4 is 4.90 Å². The van der Waals surface area contributed by atoms with Gasteiger partial charge in [-0.3, -0.25) is 0 Å². The maximum Gasteiger partial charge on any atom is 0.0776 e. The standard InChI is InChI=1S/C16H24ClNO2/c1-11(13-4-5-13)18(8-9-20-3)14-6-7-15(12(2)19)16(17)10-14/h6-7,10-13,19H,4-5,8-9H2,1-3H3. The number of hydrogen-bond acceptors (Lipinski definition) is 3. The summed E-state index contributed by atoms with van der Waals surface area (Å²) < 4.78 is 5.22. The minimum absolute atomic E-state index is 0.499. The first-order chi connectivity index (χ1) is 9.54. The van der Waals surface area contributed by atoms with E-state index >= 15 is 0 Å². The maximum atomic E-state index is 9.66. The first kappa shape index (κ1) is 15.6. The lowest BCUT2D eigenvalue weighted by atomic mass is 10.1. The van der Waals surface area contributed by atoms with Crippen molar-refractivity contribution in [3.8, 4) is 0 Å². The summed E-state index contributed by atoms with van der Waals surface area (Å²) in [5.41, 5.74) is 1.89. The smallest absolute Gasteiger partial charge is 0.0776 e. The molecule has 2 atom stereocenters. The van der Waals surface area contributed by atoms with Gasteiger partial charge in [-0.25, -0.2) is 0 Å². The van der Waals surface area contributed by atoms with Gasteiger partial charge in [-0.1, -0.05) is 17.7 Å². The maximum absolute atomic E-state index is 9.66. The normalized spacial score (nSPS) is 17.9. The molecule has 0 saturated heterocycles. The van der Waals surface area contributed by atoms with E-state index in [4.69, 9.17) is 16.3 Å². The summed E-state index contributed by atoms with van der Waals surface area (Å²) in [6.07, 6.45) is 2.08. The first-order valence-corrected chi connectivity index (χ1v) is 7.65. The lowest BCUT2D eigenvalue weighted by molar-refractivity contribution is 0.199. The molecule has 2 rings (SSSR count). The van der Waals surface area contributed by atoms with Crippen molar-refractivity contribution in [1.29, 1.82) is 0 Å². The van der Waals surface area contributed by atoms with Crippen molar-refractivity contribution in [1.82, 2.24) is 0 Å². The topological polar surface area (TPSA) is 32.7 Å². The second-order valence-electron chi connectivity index (χ2n) is 5.65. The molecule has 3 nitrogen and oxygen atoms in total. The summed E-state index contributed by atoms with van der Waals surface area (Å²) in [6.45, 7) is 5.56. The number of benzene rings is 1. The van der Waals surface area contributed by atoms with Crippen LogP contribution in [0.25, 0.3) is 0 Å². The third-order valence-electron chi connectivity index (χ3n) is 4.10. The quantitative estimate of drug-likeness (QED) is 0.834. The molecule has 1 N–H and O–H groups in total. The van der Waals surface area contributed by atoms with E-state index in [1.54, 1.807) is 14.0 Å². The van der Waals surface area contributed by atoms with Crippen LogP contribution in [0.3, 0.4) is 0 Å². The van der Waals surface area contributed by atoms with Crippen molar-refractivity contribution < 1.29 is 9.84 Å². The van der Waals surface area contributed by atoms with Crippen LogP contribution in [0.1, 0.15) is 38.4 Å². The van der Waals surface area contributed by atoms with Gasteiger partial charge in [0, 0.05) is 30.4 Å². The van der Waals surface area contributed by atoms with Crippen LogP contribution in [-0.4, -0.2) is 31.4 Å². The van der Waals surface area contributed by atoms with Crippen molar-refractivity contribution in [3.05, 3.63) is 28.8 Å². The molecule has 1 aliphatic carbocycles. The van der Waals surface area contributed by atoms with Crippen molar-refractivity contribution in [2.24, 2.45) is 5.92 Å². The Hall–Kier alpha value is -0.770. The molecular formula is C16H24ClNO2.